The fourth-order valence-corrected chi connectivity index (χ4v) is 3.52. The molecule has 1 saturated carbocycles. The van der Waals surface area contributed by atoms with Gasteiger partial charge in [0.25, 0.3) is 0 Å². The zero-order valence-corrected chi connectivity index (χ0v) is 14.4. The van der Waals surface area contributed by atoms with E-state index in [-0.39, 0.29) is 0 Å². The Hall–Kier alpha value is -1.03. The first-order chi connectivity index (χ1) is 10.0. The summed E-state index contributed by atoms with van der Waals surface area (Å²) in [4.78, 5) is 2.64. The van der Waals surface area contributed by atoms with Crippen molar-refractivity contribution in [3.05, 3.63) is 11.3 Å². The van der Waals surface area contributed by atoms with Gasteiger partial charge in [-0.15, -0.1) is 0 Å². The van der Waals surface area contributed by atoms with Gasteiger partial charge in [0.15, 0.2) is 0 Å². The molecule has 1 aromatic rings. The Kier molecular flexibility index (Phi) is 5.68. The van der Waals surface area contributed by atoms with E-state index >= 15 is 0 Å². The highest BCUT2D eigenvalue weighted by atomic mass is 15.4. The lowest BCUT2D eigenvalue weighted by Crippen LogP contribution is -2.38. The van der Waals surface area contributed by atoms with Crippen LogP contribution in [0.15, 0.2) is 0 Å². The molecule has 2 rings (SSSR count). The average Bonchev–Trinajstić information content (AvgIpc) is 3.02. The summed E-state index contributed by atoms with van der Waals surface area (Å²) in [5.41, 5.74) is 2.55. The number of aryl methyl sites for hydroxylation is 2. The first-order valence-corrected chi connectivity index (χ1v) is 8.54. The van der Waals surface area contributed by atoms with Crippen LogP contribution < -0.4 is 10.2 Å². The molecule has 0 radical (unpaired) electrons. The Morgan fingerprint density at radius 1 is 1.33 bits per heavy atom. The van der Waals surface area contributed by atoms with Crippen molar-refractivity contribution >= 4 is 5.82 Å². The van der Waals surface area contributed by atoms with E-state index in [4.69, 9.17) is 5.10 Å². The van der Waals surface area contributed by atoms with E-state index in [9.17, 15) is 0 Å². The standard InChI is InChI=1S/C17H32N4/c1-6-18-11-16-14(4)19-20(5)17(16)21(12-13(2)3)15-9-7-8-10-15/h13,15,18H,6-12H2,1-5H3. The fraction of sp³-hybridized carbons (Fsp3) is 0.824. The van der Waals surface area contributed by atoms with Crippen molar-refractivity contribution in [2.45, 2.75) is 66.0 Å². The van der Waals surface area contributed by atoms with Gasteiger partial charge in [-0.3, -0.25) is 4.68 Å². The van der Waals surface area contributed by atoms with Gasteiger partial charge in [-0.1, -0.05) is 33.6 Å². The Balaban J connectivity index is 2.33. The molecule has 0 aromatic carbocycles. The highest BCUT2D eigenvalue weighted by Gasteiger charge is 2.28. The van der Waals surface area contributed by atoms with Gasteiger partial charge in [0.2, 0.25) is 0 Å². The van der Waals surface area contributed by atoms with Crippen LogP contribution in [-0.4, -0.2) is 28.9 Å². The van der Waals surface area contributed by atoms with Crippen molar-refractivity contribution in [3.8, 4) is 0 Å². The lowest BCUT2D eigenvalue weighted by molar-refractivity contribution is 0.518. The molecule has 1 aromatic heterocycles. The molecule has 0 atom stereocenters. The van der Waals surface area contributed by atoms with E-state index in [0.29, 0.717) is 12.0 Å². The summed E-state index contributed by atoms with van der Waals surface area (Å²) in [6.45, 7) is 12.0. The van der Waals surface area contributed by atoms with Crippen LogP contribution in [0.2, 0.25) is 0 Å². The molecular weight excluding hydrogens is 260 g/mol. The number of aromatic nitrogens is 2. The van der Waals surface area contributed by atoms with E-state index < -0.39 is 0 Å². The van der Waals surface area contributed by atoms with Crippen molar-refractivity contribution in [1.29, 1.82) is 0 Å². The van der Waals surface area contributed by atoms with Crippen LogP contribution in [0.4, 0.5) is 5.82 Å². The third kappa shape index (κ3) is 3.79. The monoisotopic (exact) mass is 292 g/mol. The zero-order chi connectivity index (χ0) is 15.4. The van der Waals surface area contributed by atoms with Crippen LogP contribution in [0.3, 0.4) is 0 Å². The number of rotatable bonds is 7. The molecule has 1 fully saturated rings. The van der Waals surface area contributed by atoms with Crippen LogP contribution in [0.1, 0.15) is 57.7 Å². The van der Waals surface area contributed by atoms with Crippen molar-refractivity contribution in [2.75, 3.05) is 18.0 Å². The Morgan fingerprint density at radius 2 is 2.00 bits per heavy atom. The van der Waals surface area contributed by atoms with Gasteiger partial charge in [0.05, 0.1) is 5.69 Å². The first kappa shape index (κ1) is 16.3. The summed E-state index contributed by atoms with van der Waals surface area (Å²) in [7, 11) is 2.10. The summed E-state index contributed by atoms with van der Waals surface area (Å²) >= 11 is 0. The lowest BCUT2D eigenvalue weighted by Gasteiger charge is -2.33. The molecule has 0 aliphatic heterocycles. The number of nitrogens with zero attached hydrogens (tertiary/aromatic N) is 3. The van der Waals surface area contributed by atoms with Gasteiger partial charge in [-0.2, -0.15) is 5.10 Å². The quantitative estimate of drug-likeness (QED) is 0.837. The summed E-state index contributed by atoms with van der Waals surface area (Å²) in [6, 6.07) is 0.697. The predicted molar refractivity (Wildman–Crippen MR) is 89.8 cm³/mol. The molecule has 21 heavy (non-hydrogen) atoms. The molecule has 1 N–H and O–H groups in total. The minimum atomic E-state index is 0.674. The van der Waals surface area contributed by atoms with Crippen molar-refractivity contribution in [2.24, 2.45) is 13.0 Å². The molecule has 1 aliphatic carbocycles. The Morgan fingerprint density at radius 3 is 2.57 bits per heavy atom. The van der Waals surface area contributed by atoms with Gasteiger partial charge in [-0.25, -0.2) is 0 Å². The maximum atomic E-state index is 4.70. The largest absolute Gasteiger partial charge is 0.353 e. The Bertz CT molecular complexity index is 444. The normalized spacial score (nSPS) is 16.1. The zero-order valence-electron chi connectivity index (χ0n) is 14.4. The summed E-state index contributed by atoms with van der Waals surface area (Å²) < 4.78 is 2.10. The van der Waals surface area contributed by atoms with Crippen LogP contribution in [0, 0.1) is 12.8 Å². The van der Waals surface area contributed by atoms with Crippen LogP contribution in [-0.2, 0) is 13.6 Å². The van der Waals surface area contributed by atoms with Gasteiger partial charge in [0, 0.05) is 31.7 Å². The molecule has 1 aliphatic rings. The van der Waals surface area contributed by atoms with E-state index in [1.807, 2.05) is 0 Å². The van der Waals surface area contributed by atoms with Crippen LogP contribution in [0.5, 0.6) is 0 Å². The molecular formula is C17H32N4. The summed E-state index contributed by atoms with van der Waals surface area (Å²) in [6.07, 6.45) is 5.41. The minimum Gasteiger partial charge on any atom is -0.353 e. The highest BCUT2D eigenvalue weighted by molar-refractivity contribution is 5.51. The third-order valence-electron chi connectivity index (χ3n) is 4.46. The number of anilines is 1. The molecule has 0 unspecified atom stereocenters. The molecule has 0 spiro atoms. The average molecular weight is 292 g/mol. The maximum absolute atomic E-state index is 4.70. The van der Waals surface area contributed by atoms with E-state index in [1.165, 1.54) is 42.8 Å². The maximum Gasteiger partial charge on any atom is 0.131 e. The number of nitrogens with one attached hydrogen (secondary N) is 1. The first-order valence-electron chi connectivity index (χ1n) is 8.54. The fourth-order valence-electron chi connectivity index (χ4n) is 3.52. The SMILES string of the molecule is CCNCc1c(C)nn(C)c1N(CC(C)C)C1CCCC1. The second kappa shape index (κ2) is 7.30. The number of hydrogen-bond donors (Lipinski definition) is 1. The van der Waals surface area contributed by atoms with Crippen molar-refractivity contribution < 1.29 is 0 Å². The van der Waals surface area contributed by atoms with Gasteiger partial charge >= 0.3 is 0 Å². The second-order valence-electron chi connectivity index (χ2n) is 6.78. The van der Waals surface area contributed by atoms with E-state index in [1.54, 1.807) is 0 Å². The summed E-state index contributed by atoms with van der Waals surface area (Å²) in [5, 5.41) is 8.18. The van der Waals surface area contributed by atoms with E-state index in [0.717, 1.165) is 19.6 Å². The van der Waals surface area contributed by atoms with Crippen LogP contribution in [0.25, 0.3) is 0 Å². The second-order valence-corrected chi connectivity index (χ2v) is 6.78. The van der Waals surface area contributed by atoms with Gasteiger partial charge in [-0.05, 0) is 32.2 Å². The van der Waals surface area contributed by atoms with E-state index in [2.05, 4.69) is 49.6 Å². The Labute approximate surface area is 129 Å². The predicted octanol–water partition coefficient (Wildman–Crippen LogP) is 3.24. The molecule has 4 heteroatoms. The highest BCUT2D eigenvalue weighted by Crippen LogP contribution is 2.32. The summed E-state index contributed by atoms with van der Waals surface area (Å²) in [5.74, 6) is 2.02. The van der Waals surface area contributed by atoms with Gasteiger partial charge < -0.3 is 10.2 Å². The third-order valence-corrected chi connectivity index (χ3v) is 4.46. The number of hydrogen-bond acceptors (Lipinski definition) is 3. The molecule has 0 saturated heterocycles. The van der Waals surface area contributed by atoms with Crippen LogP contribution >= 0.6 is 0 Å². The molecule has 0 bridgehead atoms. The topological polar surface area (TPSA) is 33.1 Å². The van der Waals surface area contributed by atoms with Gasteiger partial charge in [0.1, 0.15) is 5.82 Å². The molecule has 4 nitrogen and oxygen atoms in total. The minimum absolute atomic E-state index is 0.674. The molecule has 120 valence electrons. The molecule has 1 heterocycles. The lowest BCUT2D eigenvalue weighted by atomic mass is 10.1. The smallest absolute Gasteiger partial charge is 0.131 e. The van der Waals surface area contributed by atoms with Crippen molar-refractivity contribution in [1.82, 2.24) is 15.1 Å². The van der Waals surface area contributed by atoms with Crippen molar-refractivity contribution in [3.63, 3.8) is 0 Å². The molecule has 0 amide bonds.